The van der Waals surface area contributed by atoms with Crippen LogP contribution in [-0.4, -0.2) is 19.6 Å². The predicted octanol–water partition coefficient (Wildman–Crippen LogP) is 16.8. The van der Waals surface area contributed by atoms with Crippen LogP contribution in [0, 0.1) is 0 Å². The first-order valence-corrected chi connectivity index (χ1v) is 22.2. The van der Waals surface area contributed by atoms with Gasteiger partial charge in [0.25, 0.3) is 0 Å². The van der Waals surface area contributed by atoms with Crippen LogP contribution in [0.4, 0.5) is 0 Å². The van der Waals surface area contributed by atoms with Gasteiger partial charge in [0.2, 0.25) is 0 Å². The highest BCUT2D eigenvalue weighted by Crippen LogP contribution is 2.44. The van der Waals surface area contributed by atoms with E-state index in [1.807, 2.05) is 92.7 Å². The summed E-state index contributed by atoms with van der Waals surface area (Å²) in [6.07, 6.45) is 1.67. The first-order chi connectivity index (χ1) is 35.3. The fraction of sp³-hybridized carbons (Fsp3) is 0.213. The van der Waals surface area contributed by atoms with Gasteiger partial charge in [0.05, 0.1) is 22.3 Å². The van der Waals surface area contributed by atoms with Gasteiger partial charge in [-0.05, 0) is 139 Å². The molecule has 0 aliphatic heterocycles. The molecule has 2 aromatic heterocycles. The number of pyridine rings is 1. The number of phenols is 1. The van der Waals surface area contributed by atoms with Gasteiger partial charge in [-0.2, -0.15) is 0 Å². The average molecular weight is 860 g/mol. The normalized spacial score (nSPS) is 15.0. The Labute approximate surface area is 399 Å². The van der Waals surface area contributed by atoms with Crippen molar-refractivity contribution in [1.82, 2.24) is 14.5 Å². The van der Waals surface area contributed by atoms with Crippen molar-refractivity contribution in [2.75, 3.05) is 0 Å². The van der Waals surface area contributed by atoms with Crippen LogP contribution < -0.4 is 0 Å². The van der Waals surface area contributed by atoms with Gasteiger partial charge in [-0.3, -0.25) is 9.55 Å². The van der Waals surface area contributed by atoms with Crippen LogP contribution in [0.5, 0.6) is 5.75 Å². The molecule has 0 aliphatic carbocycles. The molecule has 4 heteroatoms. The van der Waals surface area contributed by atoms with Gasteiger partial charge < -0.3 is 5.11 Å². The van der Waals surface area contributed by atoms with Crippen molar-refractivity contribution >= 4 is 11.0 Å². The first-order valence-electron chi connectivity index (χ1n) is 27.2. The van der Waals surface area contributed by atoms with Crippen molar-refractivity contribution < 1.29 is 18.8 Å². The molecule has 9 rings (SSSR count). The smallest absolute Gasteiger partial charge is 0.149 e. The van der Waals surface area contributed by atoms with Gasteiger partial charge in [0.15, 0.2) is 0 Å². The van der Waals surface area contributed by atoms with Crippen LogP contribution in [0.15, 0.2) is 170 Å². The second kappa shape index (κ2) is 17.5. The number of imidazole rings is 1. The highest BCUT2D eigenvalue weighted by Gasteiger charge is 2.25. The lowest BCUT2D eigenvalue weighted by Crippen LogP contribution is -2.10. The zero-order chi connectivity index (χ0) is 54.0. The summed E-state index contributed by atoms with van der Waals surface area (Å²) in [7, 11) is 0. The third-order valence-electron chi connectivity index (χ3n) is 12.3. The maximum absolute atomic E-state index is 12.3. The van der Waals surface area contributed by atoms with Crippen LogP contribution in [0.1, 0.15) is 116 Å². The average Bonchev–Trinajstić information content (AvgIpc) is 3.75. The van der Waals surface area contributed by atoms with Gasteiger partial charge >= 0.3 is 0 Å². The highest BCUT2D eigenvalue weighted by atomic mass is 16.3. The Morgan fingerprint density at radius 1 is 0.538 bits per heavy atom. The molecule has 1 N–H and O–H groups in total. The van der Waals surface area contributed by atoms with Gasteiger partial charge in [-0.25, -0.2) is 4.98 Å². The van der Waals surface area contributed by atoms with Crippen LogP contribution in [0.2, 0.25) is 0 Å². The summed E-state index contributed by atoms with van der Waals surface area (Å²) in [5.41, 5.74) is 10.3. The molecule has 0 aliphatic rings. The summed E-state index contributed by atoms with van der Waals surface area (Å²) in [5.74, 6) is -0.0799. The molecule has 0 amide bonds. The van der Waals surface area contributed by atoms with Gasteiger partial charge in [0.1, 0.15) is 11.6 Å². The molecule has 9 aromatic rings. The number of aromatic hydroxyl groups is 1. The third-order valence-corrected chi connectivity index (χ3v) is 12.3. The fourth-order valence-corrected chi connectivity index (χ4v) is 8.63. The van der Waals surface area contributed by atoms with Crippen LogP contribution in [0.25, 0.3) is 83.9 Å². The number of hydrogen-bond acceptors (Lipinski definition) is 3. The van der Waals surface area contributed by atoms with Crippen molar-refractivity contribution in [3.63, 3.8) is 0 Å². The van der Waals surface area contributed by atoms with Gasteiger partial charge in [-0.1, -0.05) is 171 Å². The Hall–Kier alpha value is -7.04. The summed E-state index contributed by atoms with van der Waals surface area (Å²) in [6.45, 7) is 2.06. The lowest BCUT2D eigenvalue weighted by molar-refractivity contribution is 0.466. The number of rotatable bonds is 10. The van der Waals surface area contributed by atoms with E-state index in [2.05, 4.69) is 86.9 Å². The van der Waals surface area contributed by atoms with E-state index in [1.165, 1.54) is 12.1 Å². The maximum Gasteiger partial charge on any atom is 0.149 e. The Balaban J connectivity index is 1.27. The van der Waals surface area contributed by atoms with Crippen molar-refractivity contribution in [3.05, 3.63) is 192 Å². The molecule has 0 saturated carbocycles. The molecule has 0 atom stereocenters. The lowest BCUT2D eigenvalue weighted by Gasteiger charge is -2.19. The summed E-state index contributed by atoms with van der Waals surface area (Å²) in [4.78, 5) is 10.4. The summed E-state index contributed by atoms with van der Waals surface area (Å²) < 4.78 is 85.4. The number of phenolic OH excluding ortho intramolecular Hbond substituents is 1. The molecular weight excluding hydrogens is 791 g/mol. The quantitative estimate of drug-likeness (QED) is 0.149. The zero-order valence-electron chi connectivity index (χ0n) is 47.6. The number of para-hydroxylation sites is 1. The molecule has 0 saturated heterocycles. The van der Waals surface area contributed by atoms with Crippen molar-refractivity contribution in [3.8, 4) is 78.6 Å². The summed E-state index contributed by atoms with van der Waals surface area (Å²) >= 11 is 0. The Morgan fingerprint density at radius 2 is 1.18 bits per heavy atom. The fourth-order valence-electron chi connectivity index (χ4n) is 8.63. The van der Waals surface area contributed by atoms with E-state index in [0.29, 0.717) is 33.7 Å². The predicted molar refractivity (Wildman–Crippen MR) is 274 cm³/mol. The van der Waals surface area contributed by atoms with E-state index in [4.69, 9.17) is 22.3 Å². The molecule has 65 heavy (non-hydrogen) atoms. The number of benzene rings is 7. The van der Waals surface area contributed by atoms with E-state index in [0.717, 1.165) is 66.8 Å². The van der Waals surface area contributed by atoms with Crippen molar-refractivity contribution in [2.24, 2.45) is 0 Å². The van der Waals surface area contributed by atoms with E-state index < -0.39 is 31.9 Å². The molecule has 2 heterocycles. The summed E-state index contributed by atoms with van der Waals surface area (Å²) in [5, 5.41) is 12.3. The molecule has 0 spiro atoms. The number of hydrogen-bond donors (Lipinski definition) is 1. The Bertz CT molecular complexity index is 3520. The molecule has 324 valence electrons. The van der Waals surface area contributed by atoms with Crippen LogP contribution >= 0.6 is 0 Å². The standard InChI is InChI=1S/C61H59N3O/c1-38(2)45-29-48(42-19-14-11-15-20-42)34-52(33-45)64-57-22-16-21-53(58(57)63-60(64)55-36-46(39(3)4)35-54(40(5)6)59(55)65)49-30-47(41-17-12-10-13-18-41)31-50(32-49)56-37-44(27-28-62-56)43-23-25-51(26-24-43)61(7,8)9/h10-40,65H,1-9H3/i7D3,8D3,9D3,38D. The minimum atomic E-state index is -3.38. The molecule has 7 aromatic carbocycles. The molecule has 0 radical (unpaired) electrons. The first kappa shape index (κ1) is 32.6. The summed E-state index contributed by atoms with van der Waals surface area (Å²) in [6, 6.07) is 52.2. The topological polar surface area (TPSA) is 50.9 Å². The van der Waals surface area contributed by atoms with Crippen molar-refractivity contribution in [2.45, 2.75) is 85.2 Å². The van der Waals surface area contributed by atoms with Gasteiger partial charge in [0, 0.05) is 36.7 Å². The van der Waals surface area contributed by atoms with Crippen molar-refractivity contribution in [1.29, 1.82) is 0 Å². The largest absolute Gasteiger partial charge is 0.507 e. The van der Waals surface area contributed by atoms with E-state index in [9.17, 15) is 6.48 Å². The molecule has 4 nitrogen and oxygen atoms in total. The number of aromatic nitrogens is 3. The highest BCUT2D eigenvalue weighted by molar-refractivity contribution is 5.98. The molecule has 0 fully saturated rings. The molecule has 0 unspecified atom stereocenters. The zero-order valence-corrected chi connectivity index (χ0v) is 37.6. The Kier molecular flexibility index (Phi) is 8.77. The van der Waals surface area contributed by atoms with Crippen LogP contribution in [0.3, 0.4) is 0 Å². The maximum atomic E-state index is 12.3. The molecule has 0 bridgehead atoms. The molecular formula is C61H59N3O. The number of fused-ring (bicyclic) bond motifs is 1. The van der Waals surface area contributed by atoms with E-state index >= 15 is 0 Å². The minimum absolute atomic E-state index is 0.0160. The number of nitrogens with zero attached hydrogens (tertiary/aromatic N) is 3. The Morgan fingerprint density at radius 3 is 1.83 bits per heavy atom. The minimum Gasteiger partial charge on any atom is -0.507 e. The van der Waals surface area contributed by atoms with E-state index in [1.54, 1.807) is 24.4 Å². The van der Waals surface area contributed by atoms with Gasteiger partial charge in [-0.15, -0.1) is 0 Å². The SMILES string of the molecule is [2H]C(C)(C)c1cc(-c2ccccc2)cc(-n2c(-c3cc(C(C)C)cc(C(C)C)c3O)nc3c(-c4cc(-c5ccccc5)cc(-c5cc(-c6ccc(C(C([2H])([2H])[2H])(C([2H])([2H])[2H])C([2H])([2H])[2H])cc6)ccn5)c4)cccc32)c1. The van der Waals surface area contributed by atoms with Crippen LogP contribution in [-0.2, 0) is 5.41 Å². The van der Waals surface area contributed by atoms with E-state index in [-0.39, 0.29) is 23.1 Å². The third kappa shape index (κ3) is 8.66. The monoisotopic (exact) mass is 860 g/mol. The second-order valence-electron chi connectivity index (χ2n) is 17.8. The second-order valence-corrected chi connectivity index (χ2v) is 17.8. The lowest BCUT2D eigenvalue weighted by atomic mass is 9.86.